The van der Waals surface area contributed by atoms with Crippen LogP contribution < -0.4 is 0 Å². The fourth-order valence-electron chi connectivity index (χ4n) is 3.08. The molecule has 0 aliphatic carbocycles. The topological polar surface area (TPSA) is 78.9 Å². The number of fused-ring (bicyclic) bond motifs is 1. The van der Waals surface area contributed by atoms with Crippen LogP contribution in [0.4, 0.5) is 0 Å². The Hall–Kier alpha value is -2.99. The van der Waals surface area contributed by atoms with Crippen LogP contribution in [-0.2, 0) is 6.42 Å². The maximum Gasteiger partial charge on any atom is 0.336 e. The lowest BCUT2D eigenvalue weighted by molar-refractivity contribution is 0.0699. The molecule has 0 saturated heterocycles. The monoisotopic (exact) mass is 421 g/mol. The van der Waals surface area contributed by atoms with Gasteiger partial charge in [-0.3, -0.25) is 5.10 Å². The van der Waals surface area contributed by atoms with Gasteiger partial charge in [0.05, 0.1) is 22.3 Å². The van der Waals surface area contributed by atoms with E-state index in [0.29, 0.717) is 22.4 Å². The number of nitrogens with one attached hydrogen (secondary N) is 1. The molecule has 0 amide bonds. The first-order chi connectivity index (χ1) is 13.1. The molecular formula is C21H16BrN3O2. The highest BCUT2D eigenvalue weighted by atomic mass is 79.9. The standard InChI is InChI=1S/C21H16BrN3O2/c1-2-12-3-5-13(6-4-12)17-11-16(21(26)27)18-19(24-25-20(18)23-17)14-7-9-15(22)10-8-14/h3-11H,2H2,1H3,(H,26,27)(H,23,24,25). The second-order valence-corrected chi connectivity index (χ2v) is 7.13. The van der Waals surface area contributed by atoms with E-state index < -0.39 is 5.97 Å². The molecule has 2 aromatic carbocycles. The van der Waals surface area contributed by atoms with Gasteiger partial charge in [0.25, 0.3) is 0 Å². The molecular weight excluding hydrogens is 406 g/mol. The maximum atomic E-state index is 12.0. The molecule has 0 fully saturated rings. The van der Waals surface area contributed by atoms with Gasteiger partial charge in [-0.25, -0.2) is 9.78 Å². The molecule has 4 rings (SSSR count). The van der Waals surface area contributed by atoms with Crippen LogP contribution in [0.15, 0.2) is 59.1 Å². The second-order valence-electron chi connectivity index (χ2n) is 6.21. The third-order valence-corrected chi connectivity index (χ3v) is 5.07. The van der Waals surface area contributed by atoms with Crippen molar-refractivity contribution >= 4 is 32.9 Å². The minimum absolute atomic E-state index is 0.182. The zero-order valence-corrected chi connectivity index (χ0v) is 16.1. The van der Waals surface area contributed by atoms with Gasteiger partial charge in [0, 0.05) is 15.6 Å². The first-order valence-electron chi connectivity index (χ1n) is 8.54. The summed E-state index contributed by atoms with van der Waals surface area (Å²) >= 11 is 3.41. The average Bonchev–Trinajstić information content (AvgIpc) is 3.12. The SMILES string of the molecule is CCc1ccc(-c2cc(C(=O)O)c3c(-c4ccc(Br)cc4)[nH]nc3n2)cc1. The number of carboxylic acid groups (broad SMARTS) is 1. The van der Waals surface area contributed by atoms with E-state index in [1.807, 2.05) is 48.5 Å². The number of nitrogens with zero attached hydrogens (tertiary/aromatic N) is 2. The fourth-order valence-corrected chi connectivity index (χ4v) is 3.34. The highest BCUT2D eigenvalue weighted by molar-refractivity contribution is 9.10. The van der Waals surface area contributed by atoms with Crippen LogP contribution in [0.1, 0.15) is 22.8 Å². The first kappa shape index (κ1) is 17.4. The predicted molar refractivity (Wildman–Crippen MR) is 109 cm³/mol. The number of aromatic carboxylic acids is 1. The van der Waals surface area contributed by atoms with E-state index in [1.165, 1.54) is 5.56 Å². The molecule has 5 nitrogen and oxygen atoms in total. The molecule has 134 valence electrons. The summed E-state index contributed by atoms with van der Waals surface area (Å²) < 4.78 is 0.949. The number of carboxylic acids is 1. The van der Waals surface area contributed by atoms with E-state index in [-0.39, 0.29) is 5.56 Å². The highest BCUT2D eigenvalue weighted by Gasteiger charge is 2.19. The Labute approximate surface area is 164 Å². The van der Waals surface area contributed by atoms with Gasteiger partial charge in [0.1, 0.15) is 0 Å². The molecule has 2 N–H and O–H groups in total. The Morgan fingerprint density at radius 3 is 2.37 bits per heavy atom. The molecule has 0 radical (unpaired) electrons. The van der Waals surface area contributed by atoms with E-state index in [0.717, 1.165) is 22.0 Å². The lowest BCUT2D eigenvalue weighted by Crippen LogP contribution is -2.00. The first-order valence-corrected chi connectivity index (χ1v) is 9.33. The fraction of sp³-hybridized carbons (Fsp3) is 0.0952. The molecule has 0 aliphatic heterocycles. The third kappa shape index (κ3) is 3.24. The summed E-state index contributed by atoms with van der Waals surface area (Å²) in [4.78, 5) is 16.6. The van der Waals surface area contributed by atoms with Crippen LogP contribution in [0.25, 0.3) is 33.5 Å². The summed E-state index contributed by atoms with van der Waals surface area (Å²) in [6, 6.07) is 17.2. The molecule has 0 unspecified atom stereocenters. The summed E-state index contributed by atoms with van der Waals surface area (Å²) in [7, 11) is 0. The van der Waals surface area contributed by atoms with Crippen molar-refractivity contribution in [1.82, 2.24) is 15.2 Å². The van der Waals surface area contributed by atoms with Crippen molar-refractivity contribution in [2.45, 2.75) is 13.3 Å². The molecule has 0 atom stereocenters. The molecule has 4 aromatic rings. The molecule has 6 heteroatoms. The Morgan fingerprint density at radius 2 is 1.74 bits per heavy atom. The van der Waals surface area contributed by atoms with E-state index in [4.69, 9.17) is 0 Å². The van der Waals surface area contributed by atoms with Crippen LogP contribution in [0.3, 0.4) is 0 Å². The van der Waals surface area contributed by atoms with Crippen molar-refractivity contribution < 1.29 is 9.90 Å². The molecule has 2 aromatic heterocycles. The van der Waals surface area contributed by atoms with Crippen molar-refractivity contribution in [2.75, 3.05) is 0 Å². The Kier molecular flexibility index (Phi) is 4.49. The number of H-pyrrole nitrogens is 1. The molecule has 27 heavy (non-hydrogen) atoms. The summed E-state index contributed by atoms with van der Waals surface area (Å²) in [6.45, 7) is 2.09. The Balaban J connectivity index is 1.90. The van der Waals surface area contributed by atoms with Crippen molar-refractivity contribution in [2.24, 2.45) is 0 Å². The molecule has 2 heterocycles. The number of carbonyl (C=O) groups is 1. The lowest BCUT2D eigenvalue weighted by Gasteiger charge is -2.06. The van der Waals surface area contributed by atoms with Crippen LogP contribution in [0.2, 0.25) is 0 Å². The van der Waals surface area contributed by atoms with Gasteiger partial charge in [-0.2, -0.15) is 5.10 Å². The molecule has 0 bridgehead atoms. The summed E-state index contributed by atoms with van der Waals surface area (Å²) in [6.07, 6.45) is 0.947. The summed E-state index contributed by atoms with van der Waals surface area (Å²) in [5.41, 5.74) is 4.75. The summed E-state index contributed by atoms with van der Waals surface area (Å²) in [5.74, 6) is -1.01. The number of hydrogen-bond donors (Lipinski definition) is 2. The number of halogens is 1. The van der Waals surface area contributed by atoms with Crippen LogP contribution in [-0.4, -0.2) is 26.3 Å². The number of hydrogen-bond acceptors (Lipinski definition) is 3. The highest BCUT2D eigenvalue weighted by Crippen LogP contribution is 2.32. The van der Waals surface area contributed by atoms with Gasteiger partial charge in [-0.1, -0.05) is 59.3 Å². The van der Waals surface area contributed by atoms with E-state index in [9.17, 15) is 9.90 Å². The number of benzene rings is 2. The second kappa shape index (κ2) is 6.96. The number of aryl methyl sites for hydroxylation is 1. The average molecular weight is 422 g/mol. The third-order valence-electron chi connectivity index (χ3n) is 4.55. The minimum Gasteiger partial charge on any atom is -0.478 e. The van der Waals surface area contributed by atoms with Crippen LogP contribution >= 0.6 is 15.9 Å². The number of aromatic nitrogens is 3. The maximum absolute atomic E-state index is 12.0. The number of aromatic amines is 1. The van der Waals surface area contributed by atoms with E-state index in [2.05, 4.69) is 38.0 Å². The molecule has 0 saturated carbocycles. The summed E-state index contributed by atoms with van der Waals surface area (Å²) in [5, 5.41) is 17.5. The lowest BCUT2D eigenvalue weighted by atomic mass is 10.0. The van der Waals surface area contributed by atoms with Crippen molar-refractivity contribution in [3.8, 4) is 22.5 Å². The normalized spacial score (nSPS) is 11.0. The van der Waals surface area contributed by atoms with E-state index >= 15 is 0 Å². The minimum atomic E-state index is -1.01. The molecule has 0 aliphatic rings. The van der Waals surface area contributed by atoms with Gasteiger partial charge in [0.15, 0.2) is 5.65 Å². The Morgan fingerprint density at radius 1 is 1.07 bits per heavy atom. The quantitative estimate of drug-likeness (QED) is 0.467. The van der Waals surface area contributed by atoms with Crippen molar-refractivity contribution in [1.29, 1.82) is 0 Å². The Bertz CT molecular complexity index is 1130. The molecule has 0 spiro atoms. The van der Waals surface area contributed by atoms with Crippen molar-refractivity contribution in [3.05, 3.63) is 70.2 Å². The predicted octanol–water partition coefficient (Wildman–Crippen LogP) is 5.32. The number of rotatable bonds is 4. The smallest absolute Gasteiger partial charge is 0.336 e. The van der Waals surface area contributed by atoms with E-state index in [1.54, 1.807) is 6.07 Å². The zero-order valence-electron chi connectivity index (χ0n) is 14.5. The zero-order chi connectivity index (χ0) is 19.0. The largest absolute Gasteiger partial charge is 0.478 e. The van der Waals surface area contributed by atoms with Crippen LogP contribution in [0, 0.1) is 0 Å². The van der Waals surface area contributed by atoms with Gasteiger partial charge in [-0.15, -0.1) is 0 Å². The van der Waals surface area contributed by atoms with Gasteiger partial charge in [-0.05, 0) is 30.2 Å². The van der Waals surface area contributed by atoms with Crippen molar-refractivity contribution in [3.63, 3.8) is 0 Å². The number of pyridine rings is 1. The van der Waals surface area contributed by atoms with Crippen LogP contribution in [0.5, 0.6) is 0 Å². The van der Waals surface area contributed by atoms with Gasteiger partial charge >= 0.3 is 5.97 Å². The van der Waals surface area contributed by atoms with Gasteiger partial charge < -0.3 is 5.11 Å². The van der Waals surface area contributed by atoms with Gasteiger partial charge in [0.2, 0.25) is 0 Å².